The number of esters is 1. The maximum absolute atomic E-state index is 14.0. The van der Waals surface area contributed by atoms with Gasteiger partial charge >= 0.3 is 12.1 Å². The van der Waals surface area contributed by atoms with E-state index in [-0.39, 0.29) is 42.5 Å². The molecule has 2 aromatic rings. The van der Waals surface area contributed by atoms with Crippen LogP contribution in [0, 0.1) is 22.7 Å². The second kappa shape index (κ2) is 11.3. The molecule has 0 spiro atoms. The first-order chi connectivity index (χ1) is 18.6. The van der Waals surface area contributed by atoms with Crippen molar-refractivity contribution < 1.29 is 32.2 Å². The number of rotatable bonds is 5. The number of amidine groups is 1. The summed E-state index contributed by atoms with van der Waals surface area (Å²) in [6.45, 7) is 4.30. The highest BCUT2D eigenvalue weighted by atomic mass is 19.4. The Morgan fingerprint density at radius 3 is 2.41 bits per heavy atom. The molecule has 2 aromatic carbocycles. The molecule has 39 heavy (non-hydrogen) atoms. The average Bonchev–Trinajstić information content (AvgIpc) is 2.93. The predicted octanol–water partition coefficient (Wildman–Crippen LogP) is 4.47. The summed E-state index contributed by atoms with van der Waals surface area (Å²) in [5.74, 6) is -3.70. The van der Waals surface area contributed by atoms with Gasteiger partial charge in [-0.2, -0.15) is 18.4 Å². The first-order valence-corrected chi connectivity index (χ1v) is 12.4. The van der Waals surface area contributed by atoms with Crippen molar-refractivity contribution in [2.24, 2.45) is 5.92 Å². The van der Waals surface area contributed by atoms with Gasteiger partial charge in [0.05, 0.1) is 42.6 Å². The molecule has 2 aliphatic rings. The normalized spacial score (nSPS) is 20.1. The van der Waals surface area contributed by atoms with Gasteiger partial charge < -0.3 is 19.3 Å². The minimum atomic E-state index is -4.64. The van der Waals surface area contributed by atoms with Crippen LogP contribution in [0.1, 0.15) is 36.5 Å². The highest BCUT2D eigenvalue weighted by Gasteiger charge is 2.48. The molecule has 2 unspecified atom stereocenters. The zero-order valence-corrected chi connectivity index (χ0v) is 21.4. The molecule has 4 rings (SSSR count). The molecule has 1 N–H and O–H groups in total. The molecule has 11 heteroatoms. The molecule has 2 aliphatic heterocycles. The molecule has 8 nitrogen and oxygen atoms in total. The van der Waals surface area contributed by atoms with Crippen molar-refractivity contribution in [1.29, 1.82) is 10.7 Å². The van der Waals surface area contributed by atoms with Gasteiger partial charge in [-0.25, -0.2) is 4.79 Å². The monoisotopic (exact) mass is 540 g/mol. The molecular weight excluding hydrogens is 513 g/mol. The van der Waals surface area contributed by atoms with E-state index < -0.39 is 35.5 Å². The van der Waals surface area contributed by atoms with Gasteiger partial charge in [0.15, 0.2) is 0 Å². The number of anilines is 1. The van der Waals surface area contributed by atoms with Crippen molar-refractivity contribution in [3.63, 3.8) is 0 Å². The number of nitriles is 1. The number of alkyl halides is 3. The largest absolute Gasteiger partial charge is 0.463 e. The standard InChI is InChI=1S/C28H27F3N4O4/c1-3-39-27(37)22-17(2)35(21-6-4-5-20(15-21)28(29,30)31)25(33)24(26(36)34-11-13-38-14-12-34)23(22)19-9-7-18(16-32)8-10-19/h4-10,15,23-24,33H,3,11-14H2,1-2H3. The summed E-state index contributed by atoms with van der Waals surface area (Å²) >= 11 is 0. The predicted molar refractivity (Wildman–Crippen MR) is 136 cm³/mol. The van der Waals surface area contributed by atoms with Crippen molar-refractivity contribution in [2.75, 3.05) is 37.8 Å². The molecular formula is C28H27F3N4O4. The first-order valence-electron chi connectivity index (χ1n) is 12.4. The molecule has 204 valence electrons. The third kappa shape index (κ3) is 5.52. The highest BCUT2D eigenvalue weighted by Crippen LogP contribution is 2.44. The molecule has 1 amide bonds. The van der Waals surface area contributed by atoms with Crippen LogP contribution in [0.3, 0.4) is 0 Å². The number of nitrogens with one attached hydrogen (secondary N) is 1. The smallest absolute Gasteiger partial charge is 0.416 e. The Morgan fingerprint density at radius 2 is 1.82 bits per heavy atom. The Morgan fingerprint density at radius 1 is 1.15 bits per heavy atom. The number of benzene rings is 2. The van der Waals surface area contributed by atoms with Crippen molar-refractivity contribution in [2.45, 2.75) is 25.9 Å². The molecule has 0 aromatic heterocycles. The van der Waals surface area contributed by atoms with Crippen molar-refractivity contribution in [3.05, 3.63) is 76.5 Å². The number of ether oxygens (including phenoxy) is 2. The van der Waals surface area contributed by atoms with Crippen LogP contribution < -0.4 is 4.90 Å². The lowest BCUT2D eigenvalue weighted by atomic mass is 9.74. The lowest BCUT2D eigenvalue weighted by molar-refractivity contribution is -0.140. The molecule has 1 fully saturated rings. The van der Waals surface area contributed by atoms with Crippen LogP contribution in [0.2, 0.25) is 0 Å². The van der Waals surface area contributed by atoms with Crippen molar-refractivity contribution >= 4 is 23.4 Å². The van der Waals surface area contributed by atoms with Gasteiger partial charge in [0.1, 0.15) is 11.8 Å². The quantitative estimate of drug-likeness (QED) is 0.561. The third-order valence-electron chi connectivity index (χ3n) is 6.82. The van der Waals surface area contributed by atoms with E-state index in [9.17, 15) is 28.0 Å². The summed E-state index contributed by atoms with van der Waals surface area (Å²) in [5.41, 5.74) is 0.164. The van der Waals surface area contributed by atoms with Gasteiger partial charge in [-0.1, -0.05) is 18.2 Å². The summed E-state index contributed by atoms with van der Waals surface area (Å²) in [4.78, 5) is 30.2. The number of amides is 1. The summed E-state index contributed by atoms with van der Waals surface area (Å²) in [7, 11) is 0. The average molecular weight is 541 g/mol. The maximum Gasteiger partial charge on any atom is 0.416 e. The van der Waals surface area contributed by atoms with Gasteiger partial charge in [0.2, 0.25) is 5.91 Å². The van der Waals surface area contributed by atoms with Crippen LogP contribution in [0.5, 0.6) is 0 Å². The van der Waals surface area contributed by atoms with E-state index in [1.165, 1.54) is 28.9 Å². The van der Waals surface area contributed by atoms with Crippen LogP contribution in [-0.2, 0) is 25.2 Å². The van der Waals surface area contributed by atoms with E-state index in [1.54, 1.807) is 31.2 Å². The lowest BCUT2D eigenvalue weighted by Crippen LogP contribution is -2.53. The van der Waals surface area contributed by atoms with Gasteiger partial charge in [-0.15, -0.1) is 0 Å². The van der Waals surface area contributed by atoms with E-state index in [0.717, 1.165) is 12.1 Å². The fraction of sp³-hybridized carbons (Fsp3) is 0.357. The van der Waals surface area contributed by atoms with Crippen LogP contribution in [0.4, 0.5) is 18.9 Å². The maximum atomic E-state index is 14.0. The molecule has 2 atom stereocenters. The minimum absolute atomic E-state index is 0.00724. The fourth-order valence-electron chi connectivity index (χ4n) is 4.99. The fourth-order valence-corrected chi connectivity index (χ4v) is 4.99. The van der Waals surface area contributed by atoms with Crippen LogP contribution in [0.15, 0.2) is 59.8 Å². The molecule has 0 bridgehead atoms. The Balaban J connectivity index is 1.95. The molecule has 0 radical (unpaired) electrons. The zero-order chi connectivity index (χ0) is 28.3. The number of morpholine rings is 1. The van der Waals surface area contributed by atoms with Gasteiger partial charge in [0.25, 0.3) is 0 Å². The summed E-state index contributed by atoms with van der Waals surface area (Å²) in [6, 6.07) is 12.8. The van der Waals surface area contributed by atoms with E-state index in [4.69, 9.17) is 14.9 Å². The van der Waals surface area contributed by atoms with Gasteiger partial charge in [0, 0.05) is 30.4 Å². The van der Waals surface area contributed by atoms with Crippen molar-refractivity contribution in [1.82, 2.24) is 4.90 Å². The number of carbonyl (C=O) groups excluding carboxylic acids is 2. The summed E-state index contributed by atoms with van der Waals surface area (Å²) in [5, 5.41) is 18.4. The number of hydrogen-bond donors (Lipinski definition) is 1. The van der Waals surface area contributed by atoms with Crippen LogP contribution in [-0.4, -0.2) is 55.5 Å². The Bertz CT molecular complexity index is 1340. The Hall–Kier alpha value is -4.17. The van der Waals surface area contributed by atoms with E-state index >= 15 is 0 Å². The van der Waals surface area contributed by atoms with Gasteiger partial charge in [-0.05, 0) is 49.7 Å². The van der Waals surface area contributed by atoms with Crippen LogP contribution in [0.25, 0.3) is 0 Å². The summed E-state index contributed by atoms with van der Waals surface area (Å²) < 4.78 is 51.4. The van der Waals surface area contributed by atoms with Crippen LogP contribution >= 0.6 is 0 Å². The summed E-state index contributed by atoms with van der Waals surface area (Å²) in [6.07, 6.45) is -4.64. The van der Waals surface area contributed by atoms with Gasteiger partial charge in [-0.3, -0.25) is 10.2 Å². The third-order valence-corrected chi connectivity index (χ3v) is 6.82. The Labute approximate surface area is 223 Å². The second-order valence-corrected chi connectivity index (χ2v) is 9.12. The molecule has 2 heterocycles. The number of nitrogens with zero attached hydrogens (tertiary/aromatic N) is 3. The zero-order valence-electron chi connectivity index (χ0n) is 21.4. The van der Waals surface area contributed by atoms with Crippen molar-refractivity contribution in [3.8, 4) is 6.07 Å². The molecule has 1 saturated heterocycles. The number of hydrogen-bond acceptors (Lipinski definition) is 6. The minimum Gasteiger partial charge on any atom is -0.463 e. The SMILES string of the molecule is CCOC(=O)C1=C(C)N(c2cccc(C(F)(F)F)c2)C(=N)C(C(=O)N2CCOCC2)C1c1ccc(C#N)cc1. The first kappa shape index (κ1) is 27.9. The number of allylic oxidation sites excluding steroid dienone is 1. The lowest BCUT2D eigenvalue weighted by Gasteiger charge is -2.43. The number of carbonyl (C=O) groups is 2. The highest BCUT2D eigenvalue weighted by molar-refractivity contribution is 6.15. The second-order valence-electron chi connectivity index (χ2n) is 9.12. The number of halogens is 3. The molecule has 0 aliphatic carbocycles. The van der Waals surface area contributed by atoms with E-state index in [2.05, 4.69) is 0 Å². The van der Waals surface area contributed by atoms with E-state index in [1.807, 2.05) is 6.07 Å². The topological polar surface area (TPSA) is 107 Å². The Kier molecular flexibility index (Phi) is 8.06. The molecule has 0 saturated carbocycles. The van der Waals surface area contributed by atoms with E-state index in [0.29, 0.717) is 24.3 Å².